The number of hydrogen-bond donors (Lipinski definition) is 1. The number of para-hydroxylation sites is 2. The van der Waals surface area contributed by atoms with Gasteiger partial charge >= 0.3 is 0 Å². The normalized spacial score (nSPS) is 22.2. The minimum atomic E-state index is -1.10. The number of benzene rings is 2. The molecule has 2 aliphatic rings. The summed E-state index contributed by atoms with van der Waals surface area (Å²) in [6, 6.07) is 13.9. The van der Waals surface area contributed by atoms with E-state index in [2.05, 4.69) is 24.9 Å². The molecule has 0 bridgehead atoms. The number of carbonyl (C=O) groups is 2. The molecule has 1 N–H and O–H groups in total. The van der Waals surface area contributed by atoms with Crippen LogP contribution in [0.2, 0.25) is 0 Å². The van der Waals surface area contributed by atoms with Crippen molar-refractivity contribution in [2.75, 3.05) is 33.9 Å². The number of aromatic amines is 1. The molecule has 3 heterocycles. The molecule has 0 aliphatic carbocycles. The van der Waals surface area contributed by atoms with Gasteiger partial charge in [-0.1, -0.05) is 44.2 Å². The monoisotopic (exact) mass is 461 g/mol. The smallest absolute Gasteiger partial charge is 0.254 e. The molecule has 2 amide bonds. The Hall–Kier alpha value is -3.48. The first-order valence-corrected chi connectivity index (χ1v) is 11.7. The van der Waals surface area contributed by atoms with Crippen LogP contribution >= 0.6 is 0 Å². The summed E-state index contributed by atoms with van der Waals surface area (Å²) in [5.74, 6) is 1.29. The van der Waals surface area contributed by atoms with Gasteiger partial charge in [0, 0.05) is 35.5 Å². The molecular formula is C27H31N3O4. The fourth-order valence-electron chi connectivity index (χ4n) is 5.73. The van der Waals surface area contributed by atoms with Crippen LogP contribution in [0.25, 0.3) is 10.9 Å². The minimum Gasteiger partial charge on any atom is -0.493 e. The van der Waals surface area contributed by atoms with Gasteiger partial charge in [0.05, 0.1) is 26.5 Å². The van der Waals surface area contributed by atoms with Crippen LogP contribution in [0.1, 0.15) is 43.5 Å². The second-order valence-electron chi connectivity index (χ2n) is 9.75. The maximum Gasteiger partial charge on any atom is 0.254 e. The number of nitrogens with zero attached hydrogens (tertiary/aromatic N) is 2. The van der Waals surface area contributed by atoms with Crippen LogP contribution in [0, 0.1) is 5.92 Å². The average molecular weight is 462 g/mol. The van der Waals surface area contributed by atoms with Gasteiger partial charge in [-0.2, -0.15) is 0 Å². The largest absolute Gasteiger partial charge is 0.493 e. The van der Waals surface area contributed by atoms with Crippen molar-refractivity contribution in [1.82, 2.24) is 14.8 Å². The second-order valence-corrected chi connectivity index (χ2v) is 9.75. The van der Waals surface area contributed by atoms with E-state index in [9.17, 15) is 9.59 Å². The van der Waals surface area contributed by atoms with Crippen LogP contribution in [0.4, 0.5) is 0 Å². The molecule has 2 aromatic carbocycles. The third-order valence-electron chi connectivity index (χ3n) is 7.21. The Morgan fingerprint density at radius 2 is 1.85 bits per heavy atom. The van der Waals surface area contributed by atoms with Gasteiger partial charge in [-0.15, -0.1) is 0 Å². The van der Waals surface area contributed by atoms with Crippen molar-refractivity contribution >= 4 is 22.7 Å². The van der Waals surface area contributed by atoms with E-state index in [4.69, 9.17) is 9.47 Å². The van der Waals surface area contributed by atoms with E-state index >= 15 is 0 Å². The molecule has 7 heteroatoms. The molecular weight excluding hydrogens is 430 g/mol. The maximum absolute atomic E-state index is 13.9. The first-order chi connectivity index (χ1) is 16.3. The van der Waals surface area contributed by atoms with E-state index in [1.54, 1.807) is 24.0 Å². The van der Waals surface area contributed by atoms with Gasteiger partial charge < -0.3 is 24.3 Å². The molecule has 3 aromatic rings. The number of methoxy groups -OCH3 is 2. The molecule has 0 saturated carbocycles. The Kier molecular flexibility index (Phi) is 5.30. The number of rotatable bonds is 5. The van der Waals surface area contributed by atoms with Crippen LogP contribution in [0.3, 0.4) is 0 Å². The van der Waals surface area contributed by atoms with E-state index in [1.165, 1.54) is 0 Å². The molecule has 2 aliphatic heterocycles. The topological polar surface area (TPSA) is 74.9 Å². The lowest BCUT2D eigenvalue weighted by atomic mass is 9.76. The standard InChI is InChI=1S/C27H31N3O4/c1-16(2)13-29-15-22(31)30-14-19(17-10-8-12-21(33-4)24(17)34-5)23-18-9-6-7-11-20(18)28-25(23)27(30,3)26(29)32/h6-12,16,19,28H,13-15H2,1-5H3. The van der Waals surface area contributed by atoms with Crippen molar-refractivity contribution in [3.63, 3.8) is 0 Å². The predicted molar refractivity (Wildman–Crippen MR) is 130 cm³/mol. The van der Waals surface area contributed by atoms with E-state index in [0.29, 0.717) is 24.6 Å². The minimum absolute atomic E-state index is 0.0373. The van der Waals surface area contributed by atoms with Crippen molar-refractivity contribution < 1.29 is 19.1 Å². The zero-order chi connectivity index (χ0) is 24.2. The molecule has 7 nitrogen and oxygen atoms in total. The number of piperazine rings is 1. The molecule has 0 spiro atoms. The van der Waals surface area contributed by atoms with Crippen molar-refractivity contribution in [2.45, 2.75) is 32.2 Å². The zero-order valence-corrected chi connectivity index (χ0v) is 20.3. The van der Waals surface area contributed by atoms with Gasteiger partial charge in [0.25, 0.3) is 5.91 Å². The summed E-state index contributed by atoms with van der Waals surface area (Å²) in [5, 5.41) is 1.05. The maximum atomic E-state index is 13.9. The van der Waals surface area contributed by atoms with Gasteiger partial charge in [0.15, 0.2) is 17.0 Å². The van der Waals surface area contributed by atoms with E-state index in [0.717, 1.165) is 27.7 Å². The number of aromatic nitrogens is 1. The summed E-state index contributed by atoms with van der Waals surface area (Å²) < 4.78 is 11.3. The Bertz CT molecular complexity index is 1280. The van der Waals surface area contributed by atoms with Crippen molar-refractivity contribution in [2.24, 2.45) is 5.92 Å². The van der Waals surface area contributed by atoms with Crippen molar-refractivity contribution in [1.29, 1.82) is 0 Å². The zero-order valence-electron chi connectivity index (χ0n) is 20.3. The van der Waals surface area contributed by atoms with Crippen LogP contribution in [-0.2, 0) is 15.1 Å². The van der Waals surface area contributed by atoms with Gasteiger partial charge in [-0.05, 0) is 30.5 Å². The third kappa shape index (κ3) is 3.10. The quantitative estimate of drug-likeness (QED) is 0.626. The highest BCUT2D eigenvalue weighted by atomic mass is 16.5. The van der Waals surface area contributed by atoms with E-state index in [1.807, 2.05) is 43.3 Å². The summed E-state index contributed by atoms with van der Waals surface area (Å²) in [4.78, 5) is 34.5. The van der Waals surface area contributed by atoms with E-state index in [-0.39, 0.29) is 30.2 Å². The molecule has 2 unspecified atom stereocenters. The third-order valence-corrected chi connectivity index (χ3v) is 7.21. The van der Waals surface area contributed by atoms with Crippen LogP contribution < -0.4 is 9.47 Å². The highest BCUT2D eigenvalue weighted by Crippen LogP contribution is 2.50. The van der Waals surface area contributed by atoms with Crippen molar-refractivity contribution in [3.8, 4) is 11.5 Å². The lowest BCUT2D eigenvalue weighted by molar-refractivity contribution is -0.166. The number of ether oxygens (including phenoxy) is 2. The first kappa shape index (κ1) is 22.3. The molecule has 0 radical (unpaired) electrons. The van der Waals surface area contributed by atoms with Gasteiger partial charge in [-0.25, -0.2) is 0 Å². The molecule has 34 heavy (non-hydrogen) atoms. The van der Waals surface area contributed by atoms with Gasteiger partial charge in [-0.3, -0.25) is 9.59 Å². The highest BCUT2D eigenvalue weighted by Gasteiger charge is 2.56. The fraction of sp³-hybridized carbons (Fsp3) is 0.407. The Labute approximate surface area is 199 Å². The second kappa shape index (κ2) is 8.08. The molecule has 2 atom stereocenters. The first-order valence-electron chi connectivity index (χ1n) is 11.7. The number of hydrogen-bond acceptors (Lipinski definition) is 4. The molecule has 1 aromatic heterocycles. The highest BCUT2D eigenvalue weighted by molar-refractivity contribution is 6.01. The summed E-state index contributed by atoms with van der Waals surface area (Å²) >= 11 is 0. The molecule has 5 rings (SSSR count). The summed E-state index contributed by atoms with van der Waals surface area (Å²) in [5.41, 5.74) is 2.60. The van der Waals surface area contributed by atoms with E-state index < -0.39 is 5.54 Å². The summed E-state index contributed by atoms with van der Waals surface area (Å²) in [7, 11) is 3.25. The Morgan fingerprint density at radius 3 is 2.56 bits per heavy atom. The predicted octanol–water partition coefficient (Wildman–Crippen LogP) is 3.87. The van der Waals surface area contributed by atoms with Gasteiger partial charge in [0.2, 0.25) is 5.91 Å². The summed E-state index contributed by atoms with van der Waals surface area (Å²) in [6.45, 7) is 7.04. The van der Waals surface area contributed by atoms with Crippen LogP contribution in [0.15, 0.2) is 42.5 Å². The van der Waals surface area contributed by atoms with Gasteiger partial charge in [0.1, 0.15) is 0 Å². The van der Waals surface area contributed by atoms with Crippen LogP contribution in [-0.4, -0.2) is 60.5 Å². The lowest BCUT2D eigenvalue weighted by Gasteiger charge is -2.51. The summed E-state index contributed by atoms with van der Waals surface area (Å²) in [6.07, 6.45) is 0. The molecule has 1 fully saturated rings. The lowest BCUT2D eigenvalue weighted by Crippen LogP contribution is -2.67. The number of carbonyl (C=O) groups excluding carboxylic acids is 2. The fourth-order valence-corrected chi connectivity index (χ4v) is 5.73. The average Bonchev–Trinajstić information content (AvgIpc) is 3.22. The van der Waals surface area contributed by atoms with Crippen molar-refractivity contribution in [3.05, 3.63) is 59.3 Å². The number of nitrogens with one attached hydrogen (secondary N) is 1. The Morgan fingerprint density at radius 1 is 1.09 bits per heavy atom. The number of H-pyrrole nitrogens is 1. The molecule has 178 valence electrons. The number of fused-ring (bicyclic) bond motifs is 5. The Balaban J connectivity index is 1.77. The van der Waals surface area contributed by atoms with Crippen LogP contribution in [0.5, 0.6) is 11.5 Å². The SMILES string of the molecule is COc1cccc(C2CN3C(=O)CN(CC(C)C)C(=O)C3(C)c3[nH]c4ccccc4c32)c1OC. The molecule has 1 saturated heterocycles. The number of amides is 2.